The first-order valence-corrected chi connectivity index (χ1v) is 24.0. The Kier molecular flexibility index (Phi) is 14.2. The number of amides is 3. The molecule has 0 bridgehead atoms. The highest BCUT2D eigenvalue weighted by Gasteiger charge is 2.53. The number of amidine groups is 1. The molecule has 3 saturated heterocycles. The number of pyridine rings is 2. The van der Waals surface area contributed by atoms with Crippen molar-refractivity contribution in [2.75, 3.05) is 75.4 Å². The molecule has 6 heterocycles. The topological polar surface area (TPSA) is 176 Å². The summed E-state index contributed by atoms with van der Waals surface area (Å²) in [5.41, 5.74) is 6.07. The van der Waals surface area contributed by atoms with Gasteiger partial charge in [0.15, 0.2) is 0 Å². The molecule has 3 fully saturated rings. The zero-order valence-corrected chi connectivity index (χ0v) is 38.7. The van der Waals surface area contributed by atoms with E-state index in [1.807, 2.05) is 57.4 Å². The molecular formula is C46H55Cl2N11O4S. The van der Waals surface area contributed by atoms with Crippen LogP contribution >= 0.6 is 23.2 Å². The van der Waals surface area contributed by atoms with Crippen LogP contribution in [-0.2, 0) is 15.8 Å². The van der Waals surface area contributed by atoms with Gasteiger partial charge in [-0.25, -0.2) is 18.3 Å². The predicted octanol–water partition coefficient (Wildman–Crippen LogP) is 7.86. The molecule has 3 aliphatic rings. The number of nitrogens with zero attached hydrogens (tertiary/aromatic N) is 7. The van der Waals surface area contributed by atoms with E-state index >= 15 is 0 Å². The third-order valence-electron chi connectivity index (χ3n) is 12.7. The smallest absolute Gasteiger partial charge is 0.329 e. The van der Waals surface area contributed by atoms with Gasteiger partial charge in [-0.1, -0.05) is 36.2 Å². The maximum Gasteiger partial charge on any atom is 0.329 e. The standard InChI is InChI=1S/C46H55Cl2N11O4S/c1-4-15-59(45(61)53-29-60)44(49)35-10-7-32(20-40(35)50-3)31-13-17-56(18-14-31)16-5-6-19-64(62)58-27-46(28-58)25-57(26-46)41-12-8-33(22-52-41)43-36-21-34(9-11-39(36)54-55-43)63-30(2)42-37(47)23-51-24-38(42)48/h7-12,20-24,29-31,49-50H,4-6,13-19,25-28H2,1-3H3,(H,54,55)(H,53,60,61)/t30-,64?/m1/s1. The van der Waals surface area contributed by atoms with Crippen molar-refractivity contribution in [3.8, 4) is 17.0 Å². The van der Waals surface area contributed by atoms with Gasteiger partial charge in [-0.3, -0.25) is 30.5 Å². The number of unbranched alkanes of at least 4 members (excludes halogenated alkanes) is 1. The van der Waals surface area contributed by atoms with Gasteiger partial charge in [0.05, 0.1) is 26.5 Å². The molecule has 0 aliphatic carbocycles. The number of carbonyl (C=O) groups excluding carboxylic acids is 2. The van der Waals surface area contributed by atoms with Crippen LogP contribution < -0.4 is 20.3 Å². The number of aromatic nitrogens is 4. The number of fused-ring (bicyclic) bond motifs is 1. The summed E-state index contributed by atoms with van der Waals surface area (Å²) in [4.78, 5) is 38.3. The van der Waals surface area contributed by atoms with Crippen molar-refractivity contribution in [2.45, 2.75) is 58.0 Å². The number of carbonyl (C=O) groups is 2. The van der Waals surface area contributed by atoms with Crippen molar-refractivity contribution in [1.82, 2.24) is 39.6 Å². The molecule has 18 heteroatoms. The molecule has 0 radical (unpaired) electrons. The largest absolute Gasteiger partial charge is 0.486 e. The third-order valence-corrected chi connectivity index (χ3v) is 14.7. The summed E-state index contributed by atoms with van der Waals surface area (Å²) in [5, 5.41) is 23.7. The van der Waals surface area contributed by atoms with Gasteiger partial charge in [-0.05, 0) is 113 Å². The quantitative estimate of drug-likeness (QED) is 0.0311. The summed E-state index contributed by atoms with van der Waals surface area (Å²) in [6.07, 6.45) is 9.65. The first-order chi connectivity index (χ1) is 31.0. The molecule has 5 aromatic rings. The number of aromatic amines is 1. The van der Waals surface area contributed by atoms with E-state index in [-0.39, 0.29) is 17.4 Å². The number of anilines is 2. The minimum absolute atomic E-state index is 0.0580. The van der Waals surface area contributed by atoms with Crippen molar-refractivity contribution in [3.05, 3.63) is 93.9 Å². The summed E-state index contributed by atoms with van der Waals surface area (Å²) in [7, 11) is 0.855. The van der Waals surface area contributed by atoms with Crippen molar-refractivity contribution < 1.29 is 18.5 Å². The first-order valence-electron chi connectivity index (χ1n) is 21.9. The Morgan fingerprint density at radius 3 is 2.52 bits per heavy atom. The minimum atomic E-state index is -0.966. The summed E-state index contributed by atoms with van der Waals surface area (Å²) >= 11 is 12.7. The fourth-order valence-corrected chi connectivity index (χ4v) is 11.5. The Labute approximate surface area is 386 Å². The fraction of sp³-hybridized carbons (Fsp3) is 0.435. The molecular weight excluding hydrogens is 874 g/mol. The van der Waals surface area contributed by atoms with E-state index in [9.17, 15) is 13.8 Å². The Balaban J connectivity index is 0.747. The Morgan fingerprint density at radius 1 is 1.06 bits per heavy atom. The lowest BCUT2D eigenvalue weighted by Gasteiger charge is -2.59. The van der Waals surface area contributed by atoms with Gasteiger partial charge < -0.3 is 19.9 Å². The molecule has 4 N–H and O–H groups in total. The zero-order valence-electron chi connectivity index (χ0n) is 36.4. The van der Waals surface area contributed by atoms with E-state index in [0.29, 0.717) is 58.0 Å². The van der Waals surface area contributed by atoms with Gasteiger partial charge in [0, 0.05) is 97.3 Å². The van der Waals surface area contributed by atoms with E-state index in [1.165, 1.54) is 10.5 Å². The second-order valence-electron chi connectivity index (χ2n) is 17.1. The second-order valence-corrected chi connectivity index (χ2v) is 19.5. The Hall–Kier alpha value is -5.13. The van der Waals surface area contributed by atoms with E-state index in [0.717, 1.165) is 105 Å². The number of hydrogen-bond acceptors (Lipinski definition) is 11. The SMILES string of the molecule is CCCN(C(=N)c1ccc(C2CCN(CCCCS(=O)N3CC4(CN(c5ccc(-c6n[nH]c7ccc(O[C@H](C)c8c(Cl)cncc8Cl)cc67)cn5)C4)C3)CC2)cc1NC)C(=O)NC=O. The summed E-state index contributed by atoms with van der Waals surface area (Å²) < 4.78 is 21.6. The number of imide groups is 1. The van der Waals surface area contributed by atoms with Gasteiger partial charge >= 0.3 is 6.03 Å². The van der Waals surface area contributed by atoms with Crippen LogP contribution in [0.2, 0.25) is 10.0 Å². The van der Waals surface area contributed by atoms with Crippen LogP contribution in [0.5, 0.6) is 5.75 Å². The number of H-pyrrole nitrogens is 1. The van der Waals surface area contributed by atoms with Crippen LogP contribution in [0.1, 0.15) is 74.7 Å². The summed E-state index contributed by atoms with van der Waals surface area (Å²) in [6, 6.07) is 15.4. The van der Waals surface area contributed by atoms with E-state index < -0.39 is 17.0 Å². The van der Waals surface area contributed by atoms with Gasteiger partial charge in [0.1, 0.15) is 29.2 Å². The van der Waals surface area contributed by atoms with Gasteiger partial charge in [0.25, 0.3) is 0 Å². The first kappa shape index (κ1) is 45.4. The lowest BCUT2D eigenvalue weighted by atomic mass is 9.74. The zero-order chi connectivity index (χ0) is 45.0. The molecule has 1 unspecified atom stereocenters. The van der Waals surface area contributed by atoms with Crippen LogP contribution in [0.25, 0.3) is 22.2 Å². The number of rotatable bonds is 17. The normalized spacial score (nSPS) is 17.4. The molecule has 2 atom stereocenters. The van der Waals surface area contributed by atoms with Crippen molar-refractivity contribution in [3.63, 3.8) is 0 Å². The molecule has 3 amide bonds. The van der Waals surface area contributed by atoms with E-state index in [2.05, 4.69) is 58.1 Å². The average molecular weight is 929 g/mol. The number of halogens is 2. The van der Waals surface area contributed by atoms with E-state index in [1.54, 1.807) is 12.4 Å². The molecule has 338 valence electrons. The number of nitrogens with one attached hydrogen (secondary N) is 4. The van der Waals surface area contributed by atoms with Crippen LogP contribution in [0, 0.1) is 10.8 Å². The van der Waals surface area contributed by atoms with Crippen LogP contribution in [0.15, 0.2) is 67.1 Å². The highest BCUT2D eigenvalue weighted by molar-refractivity contribution is 7.82. The minimum Gasteiger partial charge on any atom is -0.486 e. The van der Waals surface area contributed by atoms with Crippen LogP contribution in [-0.4, -0.2) is 122 Å². The maximum absolute atomic E-state index is 13.2. The molecule has 3 aliphatic heterocycles. The highest BCUT2D eigenvalue weighted by Crippen LogP contribution is 2.43. The van der Waals surface area contributed by atoms with E-state index in [4.69, 9.17) is 38.3 Å². The van der Waals surface area contributed by atoms with Crippen molar-refractivity contribution in [1.29, 1.82) is 5.41 Å². The highest BCUT2D eigenvalue weighted by atomic mass is 35.5. The van der Waals surface area contributed by atoms with Crippen molar-refractivity contribution >= 4 is 74.9 Å². The second kappa shape index (κ2) is 19.9. The molecule has 8 rings (SSSR count). The lowest BCUT2D eigenvalue weighted by Crippen LogP contribution is -2.72. The molecule has 1 spiro atoms. The Bertz CT molecular complexity index is 2480. The van der Waals surface area contributed by atoms with Crippen molar-refractivity contribution in [2.24, 2.45) is 5.41 Å². The number of likely N-dealkylation sites (tertiary alicyclic amines) is 1. The lowest BCUT2D eigenvalue weighted by molar-refractivity contribution is -0.108. The number of urea groups is 1. The third kappa shape index (κ3) is 9.76. The molecule has 15 nitrogen and oxygen atoms in total. The number of ether oxygens (including phenoxy) is 1. The van der Waals surface area contributed by atoms with Gasteiger partial charge in [-0.2, -0.15) is 5.10 Å². The molecule has 64 heavy (non-hydrogen) atoms. The summed E-state index contributed by atoms with van der Waals surface area (Å²) in [5.74, 6) is 2.76. The Morgan fingerprint density at radius 2 is 1.83 bits per heavy atom. The van der Waals surface area contributed by atoms with Gasteiger partial charge in [0.2, 0.25) is 6.41 Å². The average Bonchev–Trinajstić information content (AvgIpc) is 3.69. The van der Waals surface area contributed by atoms with Crippen LogP contribution in [0.3, 0.4) is 0 Å². The molecule has 3 aromatic heterocycles. The van der Waals surface area contributed by atoms with Gasteiger partial charge in [-0.15, -0.1) is 0 Å². The predicted molar refractivity (Wildman–Crippen MR) is 254 cm³/mol. The monoisotopic (exact) mass is 927 g/mol. The van der Waals surface area contributed by atoms with Crippen LogP contribution in [0.4, 0.5) is 16.3 Å². The molecule has 0 saturated carbocycles. The molecule has 2 aromatic carbocycles. The number of hydrogen-bond donors (Lipinski definition) is 4. The number of piperidine rings is 1. The maximum atomic E-state index is 13.2. The number of benzene rings is 2. The summed E-state index contributed by atoms with van der Waals surface area (Å²) in [6.45, 7) is 10.7. The fourth-order valence-electron chi connectivity index (χ4n) is 9.27.